The van der Waals surface area contributed by atoms with Crippen LogP contribution in [0.1, 0.15) is 16.7 Å². The number of hydrogen-bond acceptors (Lipinski definition) is 2. The van der Waals surface area contributed by atoms with Crippen molar-refractivity contribution in [2.45, 2.75) is 20.8 Å². The van der Waals surface area contributed by atoms with E-state index < -0.39 is 0 Å². The Morgan fingerprint density at radius 1 is 1.00 bits per heavy atom. The molecular formula is C16H14INO. The van der Waals surface area contributed by atoms with E-state index in [4.69, 9.17) is 4.42 Å². The van der Waals surface area contributed by atoms with Crippen LogP contribution >= 0.6 is 22.6 Å². The van der Waals surface area contributed by atoms with Gasteiger partial charge in [-0.1, -0.05) is 6.07 Å². The second-order valence-corrected chi connectivity index (χ2v) is 6.08. The largest absolute Gasteiger partial charge is 0.436 e. The van der Waals surface area contributed by atoms with Crippen LogP contribution in [0.25, 0.3) is 22.6 Å². The standard InChI is InChI=1S/C16H14INO/c1-9-6-11(3)15-14(7-9)18-16(19-15)12-4-5-13(17)10(2)8-12/h4-8H,1-3H3. The van der Waals surface area contributed by atoms with Crippen molar-refractivity contribution in [2.75, 3.05) is 0 Å². The summed E-state index contributed by atoms with van der Waals surface area (Å²) in [6, 6.07) is 10.5. The van der Waals surface area contributed by atoms with Crippen LogP contribution in [0.15, 0.2) is 34.7 Å². The first-order chi connectivity index (χ1) is 9.04. The van der Waals surface area contributed by atoms with Crippen LogP contribution in [0, 0.1) is 24.3 Å². The lowest BCUT2D eigenvalue weighted by atomic mass is 10.1. The predicted octanol–water partition coefficient (Wildman–Crippen LogP) is 5.02. The maximum Gasteiger partial charge on any atom is 0.227 e. The molecule has 0 aliphatic carbocycles. The fourth-order valence-corrected chi connectivity index (χ4v) is 2.61. The summed E-state index contributed by atoms with van der Waals surface area (Å²) >= 11 is 2.33. The smallest absolute Gasteiger partial charge is 0.227 e. The van der Waals surface area contributed by atoms with E-state index in [1.165, 1.54) is 14.7 Å². The minimum atomic E-state index is 0.697. The topological polar surface area (TPSA) is 26.0 Å². The molecule has 0 aliphatic heterocycles. The Balaban J connectivity index is 2.20. The Labute approximate surface area is 126 Å². The molecule has 0 N–H and O–H groups in total. The first-order valence-electron chi connectivity index (χ1n) is 6.19. The van der Waals surface area contributed by atoms with Gasteiger partial charge in [0.15, 0.2) is 5.58 Å². The maximum absolute atomic E-state index is 5.92. The molecule has 19 heavy (non-hydrogen) atoms. The number of aromatic nitrogens is 1. The third-order valence-electron chi connectivity index (χ3n) is 3.22. The Morgan fingerprint density at radius 2 is 1.79 bits per heavy atom. The SMILES string of the molecule is Cc1cc(C)c2oc(-c3ccc(I)c(C)c3)nc2c1. The van der Waals surface area contributed by atoms with Crippen LogP contribution in [-0.2, 0) is 0 Å². The van der Waals surface area contributed by atoms with E-state index in [0.29, 0.717) is 5.89 Å². The van der Waals surface area contributed by atoms with Crippen molar-refractivity contribution in [3.05, 3.63) is 50.6 Å². The van der Waals surface area contributed by atoms with Crippen molar-refractivity contribution in [1.82, 2.24) is 4.98 Å². The minimum absolute atomic E-state index is 0.697. The molecule has 0 unspecified atom stereocenters. The highest BCUT2D eigenvalue weighted by Crippen LogP contribution is 2.28. The van der Waals surface area contributed by atoms with Crippen molar-refractivity contribution in [3.63, 3.8) is 0 Å². The van der Waals surface area contributed by atoms with E-state index in [2.05, 4.69) is 78.7 Å². The molecule has 96 valence electrons. The van der Waals surface area contributed by atoms with Gasteiger partial charge < -0.3 is 4.42 Å². The van der Waals surface area contributed by atoms with Crippen LogP contribution in [0.2, 0.25) is 0 Å². The summed E-state index contributed by atoms with van der Waals surface area (Å²) in [6.45, 7) is 6.24. The van der Waals surface area contributed by atoms with E-state index in [1.807, 2.05) is 0 Å². The molecule has 0 atom stereocenters. The summed E-state index contributed by atoms with van der Waals surface area (Å²) in [5.74, 6) is 0.697. The van der Waals surface area contributed by atoms with Crippen molar-refractivity contribution < 1.29 is 4.42 Å². The van der Waals surface area contributed by atoms with E-state index in [-0.39, 0.29) is 0 Å². The quantitative estimate of drug-likeness (QED) is 0.567. The average Bonchev–Trinajstić information content (AvgIpc) is 2.76. The van der Waals surface area contributed by atoms with Gasteiger partial charge in [-0.3, -0.25) is 0 Å². The maximum atomic E-state index is 5.92. The molecule has 0 fully saturated rings. The number of oxazole rings is 1. The number of benzene rings is 2. The fraction of sp³-hybridized carbons (Fsp3) is 0.188. The molecule has 0 radical (unpaired) electrons. The molecule has 1 heterocycles. The van der Waals surface area contributed by atoms with Gasteiger partial charge in [-0.05, 0) is 84.3 Å². The van der Waals surface area contributed by atoms with Crippen LogP contribution in [0.4, 0.5) is 0 Å². The van der Waals surface area contributed by atoms with Gasteiger partial charge >= 0.3 is 0 Å². The molecule has 2 nitrogen and oxygen atoms in total. The normalized spacial score (nSPS) is 11.2. The van der Waals surface area contributed by atoms with Crippen LogP contribution in [0.3, 0.4) is 0 Å². The van der Waals surface area contributed by atoms with Gasteiger partial charge in [-0.15, -0.1) is 0 Å². The van der Waals surface area contributed by atoms with Gasteiger partial charge in [0.25, 0.3) is 0 Å². The molecule has 3 heteroatoms. The highest BCUT2D eigenvalue weighted by molar-refractivity contribution is 14.1. The monoisotopic (exact) mass is 363 g/mol. The summed E-state index contributed by atoms with van der Waals surface area (Å²) < 4.78 is 7.18. The molecular weight excluding hydrogens is 349 g/mol. The van der Waals surface area contributed by atoms with Crippen molar-refractivity contribution in [1.29, 1.82) is 0 Å². The second-order valence-electron chi connectivity index (χ2n) is 4.91. The molecule has 0 aliphatic rings. The third kappa shape index (κ3) is 2.27. The number of fused-ring (bicyclic) bond motifs is 1. The number of halogens is 1. The highest BCUT2D eigenvalue weighted by atomic mass is 127. The van der Waals surface area contributed by atoms with Crippen LogP contribution in [-0.4, -0.2) is 4.98 Å². The predicted molar refractivity (Wildman–Crippen MR) is 86.4 cm³/mol. The first kappa shape index (κ1) is 12.7. The van der Waals surface area contributed by atoms with Crippen LogP contribution < -0.4 is 0 Å². The van der Waals surface area contributed by atoms with Crippen molar-refractivity contribution >= 4 is 33.7 Å². The van der Waals surface area contributed by atoms with E-state index in [0.717, 1.165) is 22.2 Å². The van der Waals surface area contributed by atoms with Gasteiger partial charge in [-0.2, -0.15) is 0 Å². The molecule has 3 aromatic rings. The van der Waals surface area contributed by atoms with Gasteiger partial charge in [0, 0.05) is 9.13 Å². The third-order valence-corrected chi connectivity index (χ3v) is 4.44. The van der Waals surface area contributed by atoms with Crippen LogP contribution in [0.5, 0.6) is 0 Å². The number of rotatable bonds is 1. The number of aryl methyl sites for hydroxylation is 3. The Kier molecular flexibility index (Phi) is 3.09. The fourth-order valence-electron chi connectivity index (χ4n) is 2.28. The first-order valence-corrected chi connectivity index (χ1v) is 7.27. The summed E-state index contributed by atoms with van der Waals surface area (Å²) in [4.78, 5) is 4.61. The van der Waals surface area contributed by atoms with Crippen molar-refractivity contribution in [3.8, 4) is 11.5 Å². The zero-order valence-corrected chi connectivity index (χ0v) is 13.3. The zero-order valence-electron chi connectivity index (χ0n) is 11.1. The second kappa shape index (κ2) is 4.63. The lowest BCUT2D eigenvalue weighted by molar-refractivity contribution is 0.617. The Hall–Kier alpha value is -1.36. The Morgan fingerprint density at radius 3 is 2.53 bits per heavy atom. The van der Waals surface area contributed by atoms with E-state index in [9.17, 15) is 0 Å². The van der Waals surface area contributed by atoms with Gasteiger partial charge in [0.2, 0.25) is 5.89 Å². The lowest BCUT2D eigenvalue weighted by Crippen LogP contribution is -1.83. The van der Waals surface area contributed by atoms with Gasteiger partial charge in [0.1, 0.15) is 5.52 Å². The molecule has 0 spiro atoms. The van der Waals surface area contributed by atoms with Gasteiger partial charge in [0.05, 0.1) is 0 Å². The summed E-state index contributed by atoms with van der Waals surface area (Å²) in [6.07, 6.45) is 0. The lowest BCUT2D eigenvalue weighted by Gasteiger charge is -2.00. The molecule has 0 saturated heterocycles. The zero-order chi connectivity index (χ0) is 13.6. The molecule has 2 aromatic carbocycles. The molecule has 0 saturated carbocycles. The average molecular weight is 363 g/mol. The molecule has 0 amide bonds. The van der Waals surface area contributed by atoms with Gasteiger partial charge in [-0.25, -0.2) is 4.98 Å². The number of hydrogen-bond donors (Lipinski definition) is 0. The summed E-state index contributed by atoms with van der Waals surface area (Å²) in [5.41, 5.74) is 6.44. The summed E-state index contributed by atoms with van der Waals surface area (Å²) in [5, 5.41) is 0. The summed E-state index contributed by atoms with van der Waals surface area (Å²) in [7, 11) is 0. The number of nitrogens with zero attached hydrogens (tertiary/aromatic N) is 1. The minimum Gasteiger partial charge on any atom is -0.436 e. The Bertz CT molecular complexity index is 774. The molecule has 0 bridgehead atoms. The highest BCUT2D eigenvalue weighted by Gasteiger charge is 2.11. The molecule has 3 rings (SSSR count). The van der Waals surface area contributed by atoms with Crippen molar-refractivity contribution in [2.24, 2.45) is 0 Å². The van der Waals surface area contributed by atoms with E-state index >= 15 is 0 Å². The molecule has 1 aromatic heterocycles. The van der Waals surface area contributed by atoms with E-state index in [1.54, 1.807) is 0 Å².